The molecule has 2 atom stereocenters. The lowest BCUT2D eigenvalue weighted by Gasteiger charge is -2.42. The number of pyridine rings is 1. The normalized spacial score (nSPS) is 24.8. The molecule has 2 unspecified atom stereocenters. The van der Waals surface area contributed by atoms with Gasteiger partial charge in [-0.25, -0.2) is 8.42 Å². The highest BCUT2D eigenvalue weighted by atomic mass is 32.2. The van der Waals surface area contributed by atoms with Crippen molar-refractivity contribution in [3.05, 3.63) is 57.5 Å². The molecule has 8 heteroatoms. The molecule has 0 aliphatic carbocycles. The third-order valence-electron chi connectivity index (χ3n) is 6.87. The van der Waals surface area contributed by atoms with Crippen molar-refractivity contribution in [2.45, 2.75) is 50.0 Å². The Labute approximate surface area is 175 Å². The summed E-state index contributed by atoms with van der Waals surface area (Å²) in [5, 5.41) is 2.88. The first-order chi connectivity index (χ1) is 14.1. The number of hydrogen-bond acceptors (Lipinski definition) is 4. The van der Waals surface area contributed by atoms with Crippen LogP contribution >= 0.6 is 0 Å². The van der Waals surface area contributed by atoms with Crippen LogP contribution in [0, 0.1) is 12.8 Å². The third-order valence-corrected chi connectivity index (χ3v) is 8.68. The van der Waals surface area contributed by atoms with E-state index in [1.165, 1.54) is 0 Å². The Balaban J connectivity index is 1.54. The standard InChI is InChI=1S/C22H25N3O4S/c1-13-7-16(9-17-20(13)23-21(27)22(17,2)3)30(28,29)24-10-14-8-15(12-24)18-5-4-6-19(26)25(18)11-14/h4-7,9,14-15H,8,10-12H2,1-3H3,(H,23,27). The fraction of sp³-hybridized carbons (Fsp3) is 0.455. The predicted molar refractivity (Wildman–Crippen MR) is 113 cm³/mol. The average molecular weight is 428 g/mol. The van der Waals surface area contributed by atoms with E-state index in [1.54, 1.807) is 33.1 Å². The maximum Gasteiger partial charge on any atom is 0.250 e. The molecule has 4 heterocycles. The van der Waals surface area contributed by atoms with Gasteiger partial charge >= 0.3 is 0 Å². The lowest BCUT2D eigenvalue weighted by Crippen LogP contribution is -2.49. The first kappa shape index (κ1) is 19.5. The van der Waals surface area contributed by atoms with Crippen molar-refractivity contribution < 1.29 is 13.2 Å². The van der Waals surface area contributed by atoms with Crippen molar-refractivity contribution in [1.29, 1.82) is 0 Å². The Hall–Kier alpha value is -2.45. The van der Waals surface area contributed by atoms with E-state index >= 15 is 0 Å². The van der Waals surface area contributed by atoms with Crippen LogP contribution in [0.5, 0.6) is 0 Å². The topological polar surface area (TPSA) is 88.5 Å². The van der Waals surface area contributed by atoms with Gasteiger partial charge in [0.2, 0.25) is 15.9 Å². The van der Waals surface area contributed by atoms with Crippen LogP contribution in [0.2, 0.25) is 0 Å². The number of fused-ring (bicyclic) bond motifs is 5. The predicted octanol–water partition coefficient (Wildman–Crippen LogP) is 2.19. The molecular weight excluding hydrogens is 402 g/mol. The van der Waals surface area contributed by atoms with Crippen LogP contribution < -0.4 is 10.9 Å². The van der Waals surface area contributed by atoms with Crippen LogP contribution in [0.3, 0.4) is 0 Å². The lowest BCUT2D eigenvalue weighted by atomic mass is 9.84. The first-order valence-corrected chi connectivity index (χ1v) is 11.7. The highest BCUT2D eigenvalue weighted by molar-refractivity contribution is 7.89. The second-order valence-corrected chi connectivity index (χ2v) is 11.2. The van der Waals surface area contributed by atoms with Gasteiger partial charge in [-0.15, -0.1) is 0 Å². The fourth-order valence-corrected chi connectivity index (χ4v) is 6.83. The van der Waals surface area contributed by atoms with E-state index in [0.29, 0.717) is 25.3 Å². The number of nitrogens with zero attached hydrogens (tertiary/aromatic N) is 2. The van der Waals surface area contributed by atoms with Gasteiger partial charge in [-0.1, -0.05) is 6.07 Å². The van der Waals surface area contributed by atoms with Crippen LogP contribution in [-0.2, 0) is 26.8 Å². The van der Waals surface area contributed by atoms with Crippen LogP contribution in [0.15, 0.2) is 40.0 Å². The number of rotatable bonds is 2. The summed E-state index contributed by atoms with van der Waals surface area (Å²) in [6.07, 6.45) is 0.893. The van der Waals surface area contributed by atoms with Crippen molar-refractivity contribution in [1.82, 2.24) is 8.87 Å². The molecule has 3 aliphatic rings. The summed E-state index contributed by atoms with van der Waals surface area (Å²) in [4.78, 5) is 24.8. The number of aromatic nitrogens is 1. The quantitative estimate of drug-likeness (QED) is 0.796. The Kier molecular flexibility index (Phi) is 4.08. The molecule has 1 saturated heterocycles. The van der Waals surface area contributed by atoms with E-state index in [0.717, 1.165) is 23.2 Å². The Morgan fingerprint density at radius 1 is 1.10 bits per heavy atom. The Morgan fingerprint density at radius 3 is 2.63 bits per heavy atom. The summed E-state index contributed by atoms with van der Waals surface area (Å²) >= 11 is 0. The van der Waals surface area contributed by atoms with Crippen LogP contribution in [0.25, 0.3) is 0 Å². The van der Waals surface area contributed by atoms with Gasteiger partial charge in [-0.2, -0.15) is 4.31 Å². The molecule has 0 saturated carbocycles. The van der Waals surface area contributed by atoms with Crippen molar-refractivity contribution in [3.8, 4) is 0 Å². The van der Waals surface area contributed by atoms with Gasteiger partial charge in [-0.3, -0.25) is 9.59 Å². The molecule has 1 N–H and O–H groups in total. The SMILES string of the molecule is Cc1cc(S(=O)(=O)N2CC3CC(C2)c2cccc(=O)n2C3)cc2c1NC(=O)C2(C)C. The van der Waals surface area contributed by atoms with Crippen LogP contribution in [0.4, 0.5) is 5.69 Å². The first-order valence-electron chi connectivity index (χ1n) is 10.3. The van der Waals surface area contributed by atoms with Gasteiger partial charge in [0, 0.05) is 43.0 Å². The van der Waals surface area contributed by atoms with Crippen molar-refractivity contribution >= 4 is 21.6 Å². The van der Waals surface area contributed by atoms with Gasteiger partial charge in [-0.05, 0) is 62.4 Å². The fourth-order valence-electron chi connectivity index (χ4n) is 5.15. The van der Waals surface area contributed by atoms with Gasteiger partial charge < -0.3 is 9.88 Å². The molecule has 1 aromatic heterocycles. The zero-order valence-corrected chi connectivity index (χ0v) is 18.1. The Morgan fingerprint density at radius 2 is 1.87 bits per heavy atom. The number of carbonyl (C=O) groups excluding carboxylic acids is 1. The van der Waals surface area contributed by atoms with Crippen LogP contribution in [0.1, 0.15) is 43.0 Å². The van der Waals surface area contributed by atoms with E-state index in [9.17, 15) is 18.0 Å². The molecule has 7 nitrogen and oxygen atoms in total. The molecule has 2 aromatic rings. The van der Waals surface area contributed by atoms with Crippen LogP contribution in [-0.4, -0.2) is 36.3 Å². The van der Waals surface area contributed by atoms with E-state index in [2.05, 4.69) is 5.32 Å². The minimum atomic E-state index is -3.72. The zero-order valence-electron chi connectivity index (χ0n) is 17.3. The summed E-state index contributed by atoms with van der Waals surface area (Å²) in [5.41, 5.74) is 2.31. The summed E-state index contributed by atoms with van der Waals surface area (Å²) in [7, 11) is -3.72. The number of anilines is 1. The number of hydrogen-bond donors (Lipinski definition) is 1. The smallest absolute Gasteiger partial charge is 0.250 e. The summed E-state index contributed by atoms with van der Waals surface area (Å²) in [6.45, 7) is 6.75. The minimum absolute atomic E-state index is 0.0105. The number of sulfonamides is 1. The minimum Gasteiger partial charge on any atom is -0.325 e. The number of aryl methyl sites for hydroxylation is 1. The molecule has 1 amide bonds. The summed E-state index contributed by atoms with van der Waals surface area (Å²) < 4.78 is 30.5. The van der Waals surface area contributed by atoms with E-state index < -0.39 is 15.4 Å². The molecule has 1 aromatic carbocycles. The summed E-state index contributed by atoms with van der Waals surface area (Å²) in [6, 6.07) is 8.54. The molecular formula is C22H25N3O4S. The molecule has 5 rings (SSSR count). The second-order valence-electron chi connectivity index (χ2n) is 9.26. The van der Waals surface area contributed by atoms with Gasteiger partial charge in [0.15, 0.2) is 0 Å². The maximum atomic E-state index is 13.6. The third kappa shape index (κ3) is 2.70. The molecule has 158 valence electrons. The number of amides is 1. The van der Waals surface area contributed by atoms with Crippen molar-refractivity contribution in [3.63, 3.8) is 0 Å². The number of piperidine rings is 1. The molecule has 0 spiro atoms. The van der Waals surface area contributed by atoms with Crippen molar-refractivity contribution in [2.24, 2.45) is 5.92 Å². The van der Waals surface area contributed by atoms with Gasteiger partial charge in [0.05, 0.1) is 10.3 Å². The van der Waals surface area contributed by atoms with Gasteiger partial charge in [0.1, 0.15) is 0 Å². The molecule has 0 radical (unpaired) electrons. The average Bonchev–Trinajstić information content (AvgIpc) is 2.92. The van der Waals surface area contributed by atoms with E-state index in [4.69, 9.17) is 0 Å². The highest BCUT2D eigenvalue weighted by Crippen LogP contribution is 2.42. The number of benzene rings is 1. The number of carbonyl (C=O) groups is 1. The lowest BCUT2D eigenvalue weighted by molar-refractivity contribution is -0.119. The molecule has 30 heavy (non-hydrogen) atoms. The zero-order chi connectivity index (χ0) is 21.4. The van der Waals surface area contributed by atoms with E-state index in [1.807, 2.05) is 26.8 Å². The monoisotopic (exact) mass is 427 g/mol. The summed E-state index contributed by atoms with van der Waals surface area (Å²) in [5.74, 6) is 0.00224. The van der Waals surface area contributed by atoms with E-state index in [-0.39, 0.29) is 28.2 Å². The largest absolute Gasteiger partial charge is 0.325 e. The Bertz CT molecular complexity index is 1250. The second kappa shape index (κ2) is 6.28. The maximum absolute atomic E-state index is 13.6. The molecule has 1 fully saturated rings. The van der Waals surface area contributed by atoms with Crippen molar-refractivity contribution in [2.75, 3.05) is 18.4 Å². The molecule has 2 bridgehead atoms. The highest BCUT2D eigenvalue weighted by Gasteiger charge is 2.43. The molecule has 3 aliphatic heterocycles. The van der Waals surface area contributed by atoms with Gasteiger partial charge in [0.25, 0.3) is 5.56 Å². The number of nitrogens with one attached hydrogen (secondary N) is 1.